The lowest BCUT2D eigenvalue weighted by Gasteiger charge is -2.13. The van der Waals surface area contributed by atoms with Crippen LogP contribution in [-0.4, -0.2) is 15.7 Å². The van der Waals surface area contributed by atoms with Crippen molar-refractivity contribution in [3.63, 3.8) is 0 Å². The Hall–Kier alpha value is -2.20. The van der Waals surface area contributed by atoms with E-state index in [2.05, 4.69) is 4.98 Å². The SMILES string of the molecule is CC(C)(O)C/C=C/c1ccc(Oc2ccc(F)c3c2CCC3)nc1. The van der Waals surface area contributed by atoms with Crippen LogP contribution in [0.15, 0.2) is 36.5 Å². The predicted molar refractivity (Wildman–Crippen MR) is 92.7 cm³/mol. The lowest BCUT2D eigenvalue weighted by molar-refractivity contribution is 0.0841. The molecule has 4 heteroatoms. The van der Waals surface area contributed by atoms with Gasteiger partial charge < -0.3 is 9.84 Å². The Bertz CT molecular complexity index is 745. The fourth-order valence-corrected chi connectivity index (χ4v) is 2.87. The van der Waals surface area contributed by atoms with Crippen molar-refractivity contribution in [3.05, 3.63) is 59.0 Å². The second-order valence-electron chi connectivity index (χ2n) is 6.81. The lowest BCUT2D eigenvalue weighted by Crippen LogP contribution is -2.16. The Labute approximate surface area is 141 Å². The summed E-state index contributed by atoms with van der Waals surface area (Å²) in [7, 11) is 0. The van der Waals surface area contributed by atoms with Gasteiger partial charge in [0.2, 0.25) is 5.88 Å². The van der Waals surface area contributed by atoms with Crippen molar-refractivity contribution in [1.29, 1.82) is 0 Å². The van der Waals surface area contributed by atoms with E-state index in [1.54, 1.807) is 32.2 Å². The number of benzene rings is 1. The van der Waals surface area contributed by atoms with E-state index in [1.807, 2.05) is 18.2 Å². The van der Waals surface area contributed by atoms with Gasteiger partial charge in [-0.1, -0.05) is 12.2 Å². The van der Waals surface area contributed by atoms with Gasteiger partial charge in [0.05, 0.1) is 5.60 Å². The minimum Gasteiger partial charge on any atom is -0.439 e. The molecule has 1 N–H and O–H groups in total. The Morgan fingerprint density at radius 3 is 2.71 bits per heavy atom. The van der Waals surface area contributed by atoms with Crippen LogP contribution in [0.2, 0.25) is 0 Å². The van der Waals surface area contributed by atoms with E-state index in [9.17, 15) is 9.50 Å². The third-order valence-corrected chi connectivity index (χ3v) is 4.09. The van der Waals surface area contributed by atoms with Crippen molar-refractivity contribution in [3.8, 4) is 11.6 Å². The monoisotopic (exact) mass is 327 g/mol. The highest BCUT2D eigenvalue weighted by Gasteiger charge is 2.20. The van der Waals surface area contributed by atoms with Crippen molar-refractivity contribution in [1.82, 2.24) is 4.98 Å². The molecular weight excluding hydrogens is 305 g/mol. The zero-order chi connectivity index (χ0) is 17.2. The Balaban J connectivity index is 1.70. The summed E-state index contributed by atoms with van der Waals surface area (Å²) < 4.78 is 19.6. The summed E-state index contributed by atoms with van der Waals surface area (Å²) in [5.41, 5.74) is 1.97. The van der Waals surface area contributed by atoms with Gasteiger partial charge in [0.25, 0.3) is 0 Å². The number of ether oxygens (including phenoxy) is 1. The second-order valence-corrected chi connectivity index (χ2v) is 6.81. The second kappa shape index (κ2) is 6.73. The zero-order valence-corrected chi connectivity index (χ0v) is 14.1. The molecule has 1 aliphatic rings. The molecule has 2 aromatic rings. The van der Waals surface area contributed by atoms with E-state index in [4.69, 9.17) is 4.74 Å². The average molecular weight is 327 g/mol. The van der Waals surface area contributed by atoms with Crippen molar-refractivity contribution in [2.45, 2.75) is 45.1 Å². The summed E-state index contributed by atoms with van der Waals surface area (Å²) in [5.74, 6) is 1.05. The topological polar surface area (TPSA) is 42.4 Å². The van der Waals surface area contributed by atoms with Gasteiger partial charge in [0.15, 0.2) is 0 Å². The number of pyridine rings is 1. The zero-order valence-electron chi connectivity index (χ0n) is 14.1. The molecule has 24 heavy (non-hydrogen) atoms. The number of aliphatic hydroxyl groups is 1. The van der Waals surface area contributed by atoms with Crippen molar-refractivity contribution < 1.29 is 14.2 Å². The molecule has 0 unspecified atom stereocenters. The minimum absolute atomic E-state index is 0.143. The summed E-state index contributed by atoms with van der Waals surface area (Å²) in [4.78, 5) is 4.31. The molecule has 3 rings (SSSR count). The van der Waals surface area contributed by atoms with Crippen molar-refractivity contribution in [2.24, 2.45) is 0 Å². The molecular formula is C20H22FNO2. The normalized spacial score (nSPS) is 14.2. The molecule has 0 fully saturated rings. The van der Waals surface area contributed by atoms with Gasteiger partial charge in [-0.25, -0.2) is 9.37 Å². The maximum Gasteiger partial charge on any atom is 0.219 e. The molecule has 3 nitrogen and oxygen atoms in total. The van der Waals surface area contributed by atoms with E-state index in [0.29, 0.717) is 18.1 Å². The molecule has 0 saturated carbocycles. The maximum absolute atomic E-state index is 13.8. The number of nitrogens with zero attached hydrogens (tertiary/aromatic N) is 1. The summed E-state index contributed by atoms with van der Waals surface area (Å²) in [5, 5.41) is 9.69. The molecule has 0 spiro atoms. The predicted octanol–water partition coefficient (Wildman–Crippen LogP) is 4.68. The molecule has 0 bridgehead atoms. The van der Waals surface area contributed by atoms with E-state index < -0.39 is 5.60 Å². The minimum atomic E-state index is -0.712. The van der Waals surface area contributed by atoms with Crippen LogP contribution in [0.5, 0.6) is 11.6 Å². The summed E-state index contributed by atoms with van der Waals surface area (Å²) in [6, 6.07) is 6.85. The molecule has 0 atom stereocenters. The van der Waals surface area contributed by atoms with Crippen molar-refractivity contribution >= 4 is 6.08 Å². The van der Waals surface area contributed by atoms with E-state index in [0.717, 1.165) is 36.0 Å². The number of aromatic nitrogens is 1. The standard InChI is InChI=1S/C20H22FNO2/c1-20(2,23)12-4-5-14-8-11-19(22-13-14)24-18-10-9-17(21)15-6-3-7-16(15)18/h4-5,8-11,13,23H,3,6-7,12H2,1-2H3/b5-4+. The maximum atomic E-state index is 13.8. The number of halogens is 1. The Morgan fingerprint density at radius 2 is 2.00 bits per heavy atom. The van der Waals surface area contributed by atoms with Crippen LogP contribution in [0.25, 0.3) is 6.08 Å². The molecule has 126 valence electrons. The molecule has 0 amide bonds. The lowest BCUT2D eigenvalue weighted by atomic mass is 10.1. The Morgan fingerprint density at radius 1 is 1.21 bits per heavy atom. The Kier molecular flexibility index (Phi) is 4.67. The molecule has 0 aliphatic heterocycles. The van der Waals surface area contributed by atoms with Gasteiger partial charge in [-0.2, -0.15) is 0 Å². The third-order valence-electron chi connectivity index (χ3n) is 4.09. The molecule has 0 saturated heterocycles. The van der Waals surface area contributed by atoms with Gasteiger partial charge in [-0.15, -0.1) is 0 Å². The van der Waals surface area contributed by atoms with Crippen LogP contribution < -0.4 is 4.74 Å². The van der Waals surface area contributed by atoms with Crippen LogP contribution in [0, 0.1) is 5.82 Å². The molecule has 1 aliphatic carbocycles. The highest BCUT2D eigenvalue weighted by molar-refractivity contribution is 5.49. The van der Waals surface area contributed by atoms with Crippen LogP contribution in [0.4, 0.5) is 4.39 Å². The first-order valence-corrected chi connectivity index (χ1v) is 8.25. The number of fused-ring (bicyclic) bond motifs is 1. The van der Waals surface area contributed by atoms with E-state index in [1.165, 1.54) is 6.07 Å². The highest BCUT2D eigenvalue weighted by atomic mass is 19.1. The van der Waals surface area contributed by atoms with Gasteiger partial charge in [0, 0.05) is 17.8 Å². The molecule has 1 aromatic heterocycles. The summed E-state index contributed by atoms with van der Waals surface area (Å²) in [6.45, 7) is 3.54. The van der Waals surface area contributed by atoms with E-state index >= 15 is 0 Å². The van der Waals surface area contributed by atoms with Crippen LogP contribution in [0.1, 0.15) is 43.4 Å². The van der Waals surface area contributed by atoms with Crippen LogP contribution in [0.3, 0.4) is 0 Å². The summed E-state index contributed by atoms with van der Waals surface area (Å²) in [6.07, 6.45) is 8.73. The summed E-state index contributed by atoms with van der Waals surface area (Å²) >= 11 is 0. The molecule has 1 aromatic carbocycles. The quantitative estimate of drug-likeness (QED) is 0.867. The first-order chi connectivity index (χ1) is 11.4. The van der Waals surface area contributed by atoms with E-state index in [-0.39, 0.29) is 5.82 Å². The fourth-order valence-electron chi connectivity index (χ4n) is 2.87. The molecule has 0 radical (unpaired) electrons. The average Bonchev–Trinajstić information content (AvgIpc) is 3.01. The van der Waals surface area contributed by atoms with Gasteiger partial charge in [-0.05, 0) is 68.9 Å². The number of hydrogen-bond donors (Lipinski definition) is 1. The number of hydrogen-bond acceptors (Lipinski definition) is 3. The van der Waals surface area contributed by atoms with Gasteiger partial charge in [-0.3, -0.25) is 0 Å². The van der Waals surface area contributed by atoms with Crippen LogP contribution >= 0.6 is 0 Å². The largest absolute Gasteiger partial charge is 0.439 e. The first kappa shape index (κ1) is 16.7. The van der Waals surface area contributed by atoms with Gasteiger partial charge >= 0.3 is 0 Å². The fraction of sp³-hybridized carbons (Fsp3) is 0.350. The van der Waals surface area contributed by atoms with Gasteiger partial charge in [0.1, 0.15) is 11.6 Å². The smallest absolute Gasteiger partial charge is 0.219 e. The third kappa shape index (κ3) is 4.01. The highest BCUT2D eigenvalue weighted by Crippen LogP contribution is 2.34. The van der Waals surface area contributed by atoms with Crippen LogP contribution in [-0.2, 0) is 12.8 Å². The van der Waals surface area contributed by atoms with Crippen molar-refractivity contribution in [2.75, 3.05) is 0 Å². The number of rotatable bonds is 5. The first-order valence-electron chi connectivity index (χ1n) is 8.25. The molecule has 1 heterocycles.